The van der Waals surface area contributed by atoms with Crippen LogP contribution in [0.1, 0.15) is 32.6 Å². The lowest BCUT2D eigenvalue weighted by molar-refractivity contribution is 0.246. The molecule has 0 aromatic heterocycles. The minimum Gasteiger partial charge on any atom is -0.225 e. The molecule has 2 N–H and O–H groups in total. The third kappa shape index (κ3) is 3.45. The molecule has 0 amide bonds. The Morgan fingerprint density at radius 2 is 1.67 bits per heavy atom. The first-order valence-corrected chi connectivity index (χ1v) is 9.90. The number of hydrogen-bond donors (Lipinski definition) is 1. The maximum absolute atomic E-state index is 12.7. The van der Waals surface area contributed by atoms with Gasteiger partial charge in [0, 0.05) is 12.6 Å². The van der Waals surface area contributed by atoms with Crippen LogP contribution in [0.2, 0.25) is 0 Å². The van der Waals surface area contributed by atoms with Crippen LogP contribution in [0.5, 0.6) is 0 Å². The molecule has 118 valence electrons. The molecule has 0 spiro atoms. The highest BCUT2D eigenvalue weighted by molar-refractivity contribution is 7.89. The van der Waals surface area contributed by atoms with Crippen LogP contribution in [-0.4, -0.2) is 33.7 Å². The Bertz CT molecular complexity index is 696. The van der Waals surface area contributed by atoms with E-state index < -0.39 is 20.0 Å². The van der Waals surface area contributed by atoms with Crippen molar-refractivity contribution in [2.75, 3.05) is 6.54 Å². The summed E-state index contributed by atoms with van der Waals surface area (Å²) in [6.45, 7) is 2.49. The third-order valence-corrected chi connectivity index (χ3v) is 6.70. The first kappa shape index (κ1) is 16.4. The van der Waals surface area contributed by atoms with Crippen LogP contribution in [0.15, 0.2) is 34.1 Å². The summed E-state index contributed by atoms with van der Waals surface area (Å²) in [5, 5.41) is 5.01. The number of benzene rings is 1. The van der Waals surface area contributed by atoms with Gasteiger partial charge in [-0.25, -0.2) is 22.0 Å². The van der Waals surface area contributed by atoms with Gasteiger partial charge in [0.25, 0.3) is 0 Å². The first-order chi connectivity index (χ1) is 9.76. The predicted molar refractivity (Wildman–Crippen MR) is 79.6 cm³/mol. The van der Waals surface area contributed by atoms with E-state index in [0.717, 1.165) is 25.7 Å². The molecule has 21 heavy (non-hydrogen) atoms. The van der Waals surface area contributed by atoms with Crippen LogP contribution in [0, 0.1) is 0 Å². The second-order valence-corrected chi connectivity index (χ2v) is 8.64. The average molecular weight is 332 g/mol. The van der Waals surface area contributed by atoms with E-state index >= 15 is 0 Å². The number of piperidine rings is 1. The van der Waals surface area contributed by atoms with Gasteiger partial charge in [-0.1, -0.05) is 13.3 Å². The molecule has 0 aliphatic carbocycles. The van der Waals surface area contributed by atoms with Gasteiger partial charge in [0.05, 0.1) is 9.79 Å². The molecule has 2 rings (SSSR count). The highest BCUT2D eigenvalue weighted by Gasteiger charge is 2.32. The normalized spacial score (nSPS) is 21.3. The second-order valence-electron chi connectivity index (χ2n) is 5.19. The van der Waals surface area contributed by atoms with Gasteiger partial charge in [0.2, 0.25) is 20.0 Å². The number of sulfonamides is 2. The monoisotopic (exact) mass is 332 g/mol. The van der Waals surface area contributed by atoms with Crippen LogP contribution >= 0.6 is 0 Å². The van der Waals surface area contributed by atoms with Crippen molar-refractivity contribution >= 4 is 20.0 Å². The number of rotatable bonds is 4. The molecule has 1 unspecified atom stereocenters. The smallest absolute Gasteiger partial charge is 0.225 e. The van der Waals surface area contributed by atoms with Gasteiger partial charge in [0.15, 0.2) is 0 Å². The fourth-order valence-electron chi connectivity index (χ4n) is 2.64. The van der Waals surface area contributed by atoms with Gasteiger partial charge in [-0.05, 0) is 43.5 Å². The number of primary sulfonamides is 1. The lowest BCUT2D eigenvalue weighted by atomic mass is 10.0. The molecule has 0 saturated carbocycles. The molecule has 1 aliphatic rings. The van der Waals surface area contributed by atoms with Gasteiger partial charge in [-0.2, -0.15) is 4.31 Å². The summed E-state index contributed by atoms with van der Waals surface area (Å²) in [7, 11) is -7.40. The predicted octanol–water partition coefficient (Wildman–Crippen LogP) is 1.29. The van der Waals surface area contributed by atoms with Crippen molar-refractivity contribution in [3.63, 3.8) is 0 Å². The van der Waals surface area contributed by atoms with Crippen molar-refractivity contribution in [3.8, 4) is 0 Å². The molecule has 1 heterocycles. The zero-order valence-electron chi connectivity index (χ0n) is 11.9. The van der Waals surface area contributed by atoms with Crippen LogP contribution in [0.4, 0.5) is 0 Å². The lowest BCUT2D eigenvalue weighted by Gasteiger charge is -2.34. The Balaban J connectivity index is 2.35. The molecular formula is C13H20N2O4S2. The van der Waals surface area contributed by atoms with E-state index in [0.29, 0.717) is 6.54 Å². The van der Waals surface area contributed by atoms with Crippen molar-refractivity contribution < 1.29 is 16.8 Å². The average Bonchev–Trinajstić information content (AvgIpc) is 2.46. The Kier molecular flexibility index (Phi) is 4.72. The minimum atomic E-state index is -3.81. The molecule has 1 aliphatic heterocycles. The van der Waals surface area contributed by atoms with Gasteiger partial charge in [-0.15, -0.1) is 0 Å². The zero-order valence-corrected chi connectivity index (χ0v) is 13.5. The molecule has 0 bridgehead atoms. The summed E-state index contributed by atoms with van der Waals surface area (Å²) in [4.78, 5) is 0.0161. The number of hydrogen-bond acceptors (Lipinski definition) is 4. The van der Waals surface area contributed by atoms with Gasteiger partial charge >= 0.3 is 0 Å². The van der Waals surface area contributed by atoms with Crippen molar-refractivity contribution in [1.29, 1.82) is 0 Å². The number of nitrogens with zero attached hydrogens (tertiary/aromatic N) is 1. The topological polar surface area (TPSA) is 97.5 Å². The summed E-state index contributed by atoms with van der Waals surface area (Å²) >= 11 is 0. The van der Waals surface area contributed by atoms with E-state index in [-0.39, 0.29) is 15.8 Å². The molecule has 1 saturated heterocycles. The zero-order chi connectivity index (χ0) is 15.7. The van der Waals surface area contributed by atoms with Gasteiger partial charge in [0.1, 0.15) is 0 Å². The SMILES string of the molecule is CCC1CCCCN1S(=O)(=O)c1ccc(S(N)(=O)=O)cc1. The second kappa shape index (κ2) is 6.04. The fourth-order valence-corrected chi connectivity index (χ4v) is 4.92. The van der Waals surface area contributed by atoms with Crippen LogP contribution in [0.3, 0.4) is 0 Å². The maximum Gasteiger partial charge on any atom is 0.243 e. The van der Waals surface area contributed by atoms with Crippen molar-refractivity contribution in [2.24, 2.45) is 5.14 Å². The maximum atomic E-state index is 12.7. The van der Waals surface area contributed by atoms with E-state index in [1.54, 1.807) is 0 Å². The molecular weight excluding hydrogens is 312 g/mol. The summed E-state index contributed by atoms with van der Waals surface area (Å²) in [6, 6.07) is 5.08. The lowest BCUT2D eigenvalue weighted by Crippen LogP contribution is -2.43. The van der Waals surface area contributed by atoms with Gasteiger partial charge < -0.3 is 0 Å². The van der Waals surface area contributed by atoms with Crippen LogP contribution in [0.25, 0.3) is 0 Å². The standard InChI is InChI=1S/C13H20N2O4S2/c1-2-11-5-3-4-10-15(11)21(18,19)13-8-6-12(7-9-13)20(14,16)17/h6-9,11H,2-5,10H2,1H3,(H2,14,16,17). The summed E-state index contributed by atoms with van der Waals surface area (Å²) in [5.41, 5.74) is 0. The van der Waals surface area contributed by atoms with Crippen LogP contribution in [-0.2, 0) is 20.0 Å². The van der Waals surface area contributed by atoms with E-state index in [1.807, 2.05) is 6.92 Å². The Labute approximate surface area is 126 Å². The molecule has 1 fully saturated rings. The highest BCUT2D eigenvalue weighted by Crippen LogP contribution is 2.27. The summed E-state index contributed by atoms with van der Waals surface area (Å²) < 4.78 is 49.3. The largest absolute Gasteiger partial charge is 0.243 e. The van der Waals surface area contributed by atoms with E-state index in [9.17, 15) is 16.8 Å². The molecule has 1 aromatic carbocycles. The molecule has 6 nitrogen and oxygen atoms in total. The fraction of sp³-hybridized carbons (Fsp3) is 0.538. The van der Waals surface area contributed by atoms with E-state index in [1.165, 1.54) is 28.6 Å². The Morgan fingerprint density at radius 1 is 1.10 bits per heavy atom. The Morgan fingerprint density at radius 3 is 2.19 bits per heavy atom. The molecule has 0 radical (unpaired) electrons. The van der Waals surface area contributed by atoms with Crippen molar-refractivity contribution in [3.05, 3.63) is 24.3 Å². The summed E-state index contributed by atoms with van der Waals surface area (Å²) in [6.07, 6.45) is 3.53. The minimum absolute atomic E-state index is 0.0154. The highest BCUT2D eigenvalue weighted by atomic mass is 32.2. The van der Waals surface area contributed by atoms with Crippen molar-refractivity contribution in [1.82, 2.24) is 4.31 Å². The molecule has 1 atom stereocenters. The van der Waals surface area contributed by atoms with E-state index in [2.05, 4.69) is 0 Å². The van der Waals surface area contributed by atoms with Crippen LogP contribution < -0.4 is 5.14 Å². The van der Waals surface area contributed by atoms with E-state index in [4.69, 9.17) is 5.14 Å². The quantitative estimate of drug-likeness (QED) is 0.898. The van der Waals surface area contributed by atoms with Crippen molar-refractivity contribution in [2.45, 2.75) is 48.4 Å². The summed E-state index contributed by atoms with van der Waals surface area (Å²) in [5.74, 6) is 0. The molecule has 1 aromatic rings. The Hall–Kier alpha value is -0.960. The molecule has 8 heteroatoms. The number of nitrogens with two attached hydrogens (primary N) is 1. The first-order valence-electron chi connectivity index (χ1n) is 6.91. The van der Waals surface area contributed by atoms with Gasteiger partial charge in [-0.3, -0.25) is 0 Å². The third-order valence-electron chi connectivity index (χ3n) is 3.80.